The summed E-state index contributed by atoms with van der Waals surface area (Å²) in [7, 11) is 0. The minimum Gasteiger partial charge on any atom is -0.335 e. The molecular weight excluding hydrogens is 276 g/mol. The van der Waals surface area contributed by atoms with Crippen LogP contribution in [0.3, 0.4) is 0 Å². The second-order valence-electron chi connectivity index (χ2n) is 6.68. The number of anilines is 1. The molecule has 1 aromatic rings. The number of nitrogens with zero attached hydrogens (tertiary/aromatic N) is 1. The zero-order chi connectivity index (χ0) is 14.9. The second-order valence-corrected chi connectivity index (χ2v) is 8.14. The Morgan fingerprint density at radius 3 is 2.33 bits per heavy atom. The summed E-state index contributed by atoms with van der Waals surface area (Å²) >= 11 is 2.01. The van der Waals surface area contributed by atoms with Crippen LogP contribution in [0.25, 0.3) is 0 Å². The predicted molar refractivity (Wildman–Crippen MR) is 94.6 cm³/mol. The van der Waals surface area contributed by atoms with Crippen molar-refractivity contribution in [3.63, 3.8) is 0 Å². The van der Waals surface area contributed by atoms with Gasteiger partial charge in [0.1, 0.15) is 0 Å². The van der Waals surface area contributed by atoms with Crippen molar-refractivity contribution in [2.24, 2.45) is 4.99 Å². The number of thioether (sulfide) groups is 1. The van der Waals surface area contributed by atoms with Crippen LogP contribution in [0, 0.1) is 20.8 Å². The molecule has 21 heavy (non-hydrogen) atoms. The molecule has 0 amide bonds. The molecule has 1 aromatic carbocycles. The van der Waals surface area contributed by atoms with Gasteiger partial charge in [0.15, 0.2) is 5.17 Å². The van der Waals surface area contributed by atoms with Crippen LogP contribution in [0.15, 0.2) is 17.1 Å². The summed E-state index contributed by atoms with van der Waals surface area (Å²) in [5.41, 5.74) is 5.22. The van der Waals surface area contributed by atoms with Crippen LogP contribution >= 0.6 is 11.8 Å². The lowest BCUT2D eigenvalue weighted by Crippen LogP contribution is -2.35. The third-order valence-electron chi connectivity index (χ3n) is 4.81. The number of rotatable bonds is 1. The molecule has 2 aliphatic rings. The Morgan fingerprint density at radius 1 is 1.00 bits per heavy atom. The van der Waals surface area contributed by atoms with Gasteiger partial charge in [-0.3, -0.25) is 4.99 Å². The molecule has 1 spiro atoms. The van der Waals surface area contributed by atoms with Crippen LogP contribution in [0.1, 0.15) is 55.2 Å². The van der Waals surface area contributed by atoms with Gasteiger partial charge in [-0.1, -0.05) is 48.7 Å². The molecule has 1 fully saturated rings. The highest BCUT2D eigenvalue weighted by Crippen LogP contribution is 2.45. The van der Waals surface area contributed by atoms with E-state index in [1.54, 1.807) is 0 Å². The first-order chi connectivity index (χ1) is 10.1. The molecule has 0 unspecified atom stereocenters. The molecule has 0 bridgehead atoms. The summed E-state index contributed by atoms with van der Waals surface area (Å²) in [6.07, 6.45) is 8.19. The fourth-order valence-electron chi connectivity index (χ4n) is 3.75. The van der Waals surface area contributed by atoms with E-state index < -0.39 is 0 Å². The topological polar surface area (TPSA) is 24.4 Å². The Balaban J connectivity index is 1.77. The van der Waals surface area contributed by atoms with Gasteiger partial charge in [-0.25, -0.2) is 0 Å². The summed E-state index contributed by atoms with van der Waals surface area (Å²) in [5.74, 6) is 0. The van der Waals surface area contributed by atoms with Crippen LogP contribution in [-0.4, -0.2) is 16.5 Å². The molecule has 0 radical (unpaired) electrons. The molecule has 1 N–H and O–H groups in total. The van der Waals surface area contributed by atoms with E-state index in [2.05, 4.69) is 38.2 Å². The van der Waals surface area contributed by atoms with Gasteiger partial charge in [0, 0.05) is 17.0 Å². The van der Waals surface area contributed by atoms with Crippen LogP contribution in [0.5, 0.6) is 0 Å². The molecule has 0 atom stereocenters. The second kappa shape index (κ2) is 6.04. The number of benzene rings is 1. The van der Waals surface area contributed by atoms with Gasteiger partial charge in [0.05, 0.1) is 0 Å². The molecule has 2 nitrogen and oxygen atoms in total. The molecule has 114 valence electrons. The van der Waals surface area contributed by atoms with Crippen molar-refractivity contribution >= 4 is 22.6 Å². The Kier molecular flexibility index (Phi) is 4.30. The van der Waals surface area contributed by atoms with E-state index in [9.17, 15) is 0 Å². The van der Waals surface area contributed by atoms with E-state index in [1.165, 1.54) is 60.9 Å². The van der Waals surface area contributed by atoms with E-state index in [0.29, 0.717) is 4.75 Å². The van der Waals surface area contributed by atoms with E-state index in [0.717, 1.165) is 11.7 Å². The number of hydrogen-bond donors (Lipinski definition) is 1. The molecule has 1 aliphatic carbocycles. The highest BCUT2D eigenvalue weighted by Gasteiger charge is 2.36. The maximum Gasteiger partial charge on any atom is 0.161 e. The Morgan fingerprint density at radius 2 is 1.67 bits per heavy atom. The lowest BCUT2D eigenvalue weighted by molar-refractivity contribution is 0.381. The maximum atomic E-state index is 4.75. The monoisotopic (exact) mass is 302 g/mol. The molecule has 3 heteroatoms. The molecule has 0 aromatic heterocycles. The number of aliphatic imine (C=N–C) groups is 1. The molecule has 1 heterocycles. The Hall–Kier alpha value is -0.960. The van der Waals surface area contributed by atoms with Gasteiger partial charge in [0.25, 0.3) is 0 Å². The molecule has 1 saturated carbocycles. The SMILES string of the molecule is Cc1cc(C)c(NC2=NCCC3(CCCCC3)S2)c(C)c1. The maximum absolute atomic E-state index is 4.75. The standard InChI is InChI=1S/C18H26N2S/c1-13-11-14(2)16(15(3)12-13)20-17-19-10-9-18(21-17)7-5-4-6-8-18/h11-12H,4-10H2,1-3H3,(H,19,20). The summed E-state index contributed by atoms with van der Waals surface area (Å²) in [4.78, 5) is 4.75. The van der Waals surface area contributed by atoms with Gasteiger partial charge in [0.2, 0.25) is 0 Å². The van der Waals surface area contributed by atoms with Crippen molar-refractivity contribution in [2.45, 2.75) is 64.0 Å². The Labute approximate surface area is 132 Å². The van der Waals surface area contributed by atoms with Crippen molar-refractivity contribution in [1.82, 2.24) is 0 Å². The normalized spacial score (nSPS) is 21.2. The first-order valence-corrected chi connectivity index (χ1v) is 8.98. The zero-order valence-corrected chi connectivity index (χ0v) is 14.3. The van der Waals surface area contributed by atoms with Gasteiger partial charge < -0.3 is 5.32 Å². The van der Waals surface area contributed by atoms with Crippen LogP contribution in [-0.2, 0) is 0 Å². The zero-order valence-electron chi connectivity index (χ0n) is 13.5. The fraction of sp³-hybridized carbons (Fsp3) is 0.611. The largest absolute Gasteiger partial charge is 0.335 e. The third-order valence-corrected chi connectivity index (χ3v) is 6.28. The van der Waals surface area contributed by atoms with Crippen molar-refractivity contribution < 1.29 is 0 Å². The first-order valence-electron chi connectivity index (χ1n) is 8.16. The number of amidine groups is 1. The van der Waals surface area contributed by atoms with Crippen molar-refractivity contribution in [3.05, 3.63) is 28.8 Å². The minimum absolute atomic E-state index is 0.467. The van der Waals surface area contributed by atoms with E-state index >= 15 is 0 Å². The number of hydrogen-bond acceptors (Lipinski definition) is 3. The van der Waals surface area contributed by atoms with E-state index in [1.807, 2.05) is 11.8 Å². The first kappa shape index (κ1) is 15.0. The molecule has 1 aliphatic heterocycles. The van der Waals surface area contributed by atoms with Gasteiger partial charge in [-0.2, -0.15) is 0 Å². The summed E-state index contributed by atoms with van der Waals surface area (Å²) in [5, 5.41) is 4.77. The average Bonchev–Trinajstić information content (AvgIpc) is 2.44. The minimum atomic E-state index is 0.467. The third kappa shape index (κ3) is 3.28. The van der Waals surface area contributed by atoms with Crippen LogP contribution in [0.2, 0.25) is 0 Å². The highest BCUT2D eigenvalue weighted by atomic mass is 32.2. The van der Waals surface area contributed by atoms with Crippen LogP contribution < -0.4 is 5.32 Å². The summed E-state index contributed by atoms with van der Waals surface area (Å²) < 4.78 is 0.467. The lowest BCUT2D eigenvalue weighted by Gasteiger charge is -2.39. The van der Waals surface area contributed by atoms with Gasteiger partial charge >= 0.3 is 0 Å². The van der Waals surface area contributed by atoms with E-state index in [-0.39, 0.29) is 0 Å². The van der Waals surface area contributed by atoms with Crippen LogP contribution in [0.4, 0.5) is 5.69 Å². The number of aryl methyl sites for hydroxylation is 3. The summed E-state index contributed by atoms with van der Waals surface area (Å²) in [6.45, 7) is 7.52. The fourth-order valence-corrected chi connectivity index (χ4v) is 5.15. The highest BCUT2D eigenvalue weighted by molar-refractivity contribution is 8.15. The number of nitrogens with one attached hydrogen (secondary N) is 1. The van der Waals surface area contributed by atoms with E-state index in [4.69, 9.17) is 4.99 Å². The lowest BCUT2D eigenvalue weighted by atomic mass is 9.86. The smallest absolute Gasteiger partial charge is 0.161 e. The van der Waals surface area contributed by atoms with Gasteiger partial charge in [-0.05, 0) is 51.2 Å². The quantitative estimate of drug-likeness (QED) is 0.769. The Bertz CT molecular complexity index is 533. The summed E-state index contributed by atoms with van der Waals surface area (Å²) in [6, 6.07) is 4.50. The predicted octanol–water partition coefficient (Wildman–Crippen LogP) is 5.22. The van der Waals surface area contributed by atoms with Crippen molar-refractivity contribution in [2.75, 3.05) is 11.9 Å². The van der Waals surface area contributed by atoms with Crippen molar-refractivity contribution in [1.29, 1.82) is 0 Å². The average molecular weight is 302 g/mol. The molecule has 0 saturated heterocycles. The molecule has 3 rings (SSSR count). The molecular formula is C18H26N2S. The van der Waals surface area contributed by atoms with Gasteiger partial charge in [-0.15, -0.1) is 0 Å². The van der Waals surface area contributed by atoms with Crippen molar-refractivity contribution in [3.8, 4) is 0 Å².